The van der Waals surface area contributed by atoms with Crippen molar-refractivity contribution in [2.45, 2.75) is 26.9 Å². The van der Waals surface area contributed by atoms with Crippen molar-refractivity contribution < 1.29 is 19.1 Å². The highest BCUT2D eigenvalue weighted by atomic mass is 16.5. The Morgan fingerprint density at radius 2 is 1.72 bits per heavy atom. The summed E-state index contributed by atoms with van der Waals surface area (Å²) in [5.74, 6) is -1.17. The lowest BCUT2D eigenvalue weighted by Gasteiger charge is -2.18. The van der Waals surface area contributed by atoms with Crippen molar-refractivity contribution >= 4 is 29.4 Å². The van der Waals surface area contributed by atoms with Gasteiger partial charge in [0.15, 0.2) is 6.10 Å². The molecule has 1 atom stereocenters. The van der Waals surface area contributed by atoms with Crippen molar-refractivity contribution in [2.24, 2.45) is 0 Å². The average Bonchev–Trinajstić information content (AvgIpc) is 2.69. The summed E-state index contributed by atoms with van der Waals surface area (Å²) in [5, 5.41) is 5.24. The van der Waals surface area contributed by atoms with Crippen LogP contribution in [0.1, 0.15) is 18.1 Å². The van der Waals surface area contributed by atoms with E-state index in [0.717, 1.165) is 16.8 Å². The summed E-state index contributed by atoms with van der Waals surface area (Å²) in [6.07, 6.45) is 2.08. The number of aryl methyl sites for hydroxylation is 2. The Labute approximate surface area is 169 Å². The normalized spacial score (nSPS) is 11.3. The van der Waals surface area contributed by atoms with Crippen LogP contribution in [0, 0.1) is 13.8 Å². The zero-order chi connectivity index (χ0) is 21.4. The molecular formula is C20H25N5O4. The molecule has 2 amide bonds. The van der Waals surface area contributed by atoms with Gasteiger partial charge in [-0.2, -0.15) is 0 Å². The zero-order valence-electron chi connectivity index (χ0n) is 16.9. The molecule has 1 heterocycles. The molecule has 0 radical (unpaired) electrons. The highest BCUT2D eigenvalue weighted by Gasteiger charge is 2.20. The maximum atomic E-state index is 12.1. The van der Waals surface area contributed by atoms with Crippen molar-refractivity contribution in [3.8, 4) is 0 Å². The molecule has 1 aromatic carbocycles. The molecule has 29 heavy (non-hydrogen) atoms. The standard InChI is InChI=1S/C20H25N5O4/c1-13-7-5-8-14(2)18(13)24-16(26)11-23-19(28)15(3)29-17(27)12-25(4)20-21-9-6-10-22-20/h5-10,15H,11-12H2,1-4H3,(H,23,28)(H,24,26)/t15-/m0/s1. The predicted octanol–water partition coefficient (Wildman–Crippen LogP) is 1.22. The lowest BCUT2D eigenvalue weighted by molar-refractivity contribution is -0.153. The Bertz CT molecular complexity index is 852. The second-order valence-corrected chi connectivity index (χ2v) is 6.57. The smallest absolute Gasteiger partial charge is 0.326 e. The van der Waals surface area contributed by atoms with E-state index in [-0.39, 0.29) is 19.0 Å². The summed E-state index contributed by atoms with van der Waals surface area (Å²) in [7, 11) is 1.64. The molecule has 0 aliphatic rings. The van der Waals surface area contributed by atoms with E-state index in [4.69, 9.17) is 4.74 Å². The highest BCUT2D eigenvalue weighted by Crippen LogP contribution is 2.18. The second kappa shape index (κ2) is 10.2. The largest absolute Gasteiger partial charge is 0.451 e. The maximum absolute atomic E-state index is 12.1. The Kier molecular flexibility index (Phi) is 7.64. The van der Waals surface area contributed by atoms with Crippen LogP contribution in [0.5, 0.6) is 0 Å². The molecule has 0 unspecified atom stereocenters. The van der Waals surface area contributed by atoms with Crippen molar-refractivity contribution in [2.75, 3.05) is 30.4 Å². The monoisotopic (exact) mass is 399 g/mol. The minimum Gasteiger partial charge on any atom is -0.451 e. The van der Waals surface area contributed by atoms with Crippen molar-refractivity contribution in [3.63, 3.8) is 0 Å². The van der Waals surface area contributed by atoms with E-state index in [9.17, 15) is 14.4 Å². The van der Waals surface area contributed by atoms with Gasteiger partial charge in [-0.15, -0.1) is 0 Å². The van der Waals surface area contributed by atoms with Crippen LogP contribution in [0.15, 0.2) is 36.7 Å². The van der Waals surface area contributed by atoms with Crippen LogP contribution in [0.3, 0.4) is 0 Å². The van der Waals surface area contributed by atoms with Gasteiger partial charge in [0, 0.05) is 25.1 Å². The van der Waals surface area contributed by atoms with E-state index in [2.05, 4.69) is 20.6 Å². The first-order chi connectivity index (χ1) is 13.8. The number of nitrogens with zero attached hydrogens (tertiary/aromatic N) is 3. The van der Waals surface area contributed by atoms with Gasteiger partial charge in [0.2, 0.25) is 11.9 Å². The number of ether oxygens (including phenoxy) is 1. The van der Waals surface area contributed by atoms with Gasteiger partial charge in [-0.25, -0.2) is 9.97 Å². The molecule has 0 fully saturated rings. The van der Waals surface area contributed by atoms with E-state index >= 15 is 0 Å². The number of carbonyl (C=O) groups is 3. The number of likely N-dealkylation sites (N-methyl/N-ethyl adjacent to an activating group) is 1. The summed E-state index contributed by atoms with van der Waals surface area (Å²) in [4.78, 5) is 45.8. The fraction of sp³-hybridized carbons (Fsp3) is 0.350. The van der Waals surface area contributed by atoms with Gasteiger partial charge in [0.25, 0.3) is 5.91 Å². The van der Waals surface area contributed by atoms with Crippen LogP contribution in [0.25, 0.3) is 0 Å². The van der Waals surface area contributed by atoms with Gasteiger partial charge >= 0.3 is 5.97 Å². The van der Waals surface area contributed by atoms with Gasteiger partial charge in [0.05, 0.1) is 6.54 Å². The number of amides is 2. The van der Waals surface area contributed by atoms with Crippen molar-refractivity contribution in [1.29, 1.82) is 0 Å². The third-order valence-corrected chi connectivity index (χ3v) is 4.11. The molecule has 2 aromatic rings. The molecule has 1 aromatic heterocycles. The first-order valence-electron chi connectivity index (χ1n) is 9.09. The number of carbonyl (C=O) groups excluding carboxylic acids is 3. The van der Waals surface area contributed by atoms with E-state index < -0.39 is 18.0 Å². The summed E-state index contributed by atoms with van der Waals surface area (Å²) in [5.41, 5.74) is 2.58. The number of anilines is 2. The van der Waals surface area contributed by atoms with Crippen LogP contribution in [0.2, 0.25) is 0 Å². The summed E-state index contributed by atoms with van der Waals surface area (Å²) in [6.45, 7) is 4.87. The van der Waals surface area contributed by atoms with Crippen molar-refractivity contribution in [3.05, 3.63) is 47.8 Å². The SMILES string of the molecule is Cc1cccc(C)c1NC(=O)CNC(=O)[C@H](C)OC(=O)CN(C)c1ncccn1. The summed E-state index contributed by atoms with van der Waals surface area (Å²) in [6, 6.07) is 7.35. The molecule has 0 bridgehead atoms. The number of esters is 1. The Hall–Kier alpha value is -3.49. The van der Waals surface area contributed by atoms with E-state index in [0.29, 0.717) is 5.95 Å². The number of aromatic nitrogens is 2. The molecular weight excluding hydrogens is 374 g/mol. The molecule has 154 valence electrons. The van der Waals surface area contributed by atoms with E-state index in [1.54, 1.807) is 25.5 Å². The molecule has 9 nitrogen and oxygen atoms in total. The van der Waals surface area contributed by atoms with Crippen LogP contribution in [0.4, 0.5) is 11.6 Å². The molecule has 0 saturated heterocycles. The van der Waals surface area contributed by atoms with Crippen LogP contribution < -0.4 is 15.5 Å². The van der Waals surface area contributed by atoms with Gasteiger partial charge < -0.3 is 20.3 Å². The number of nitrogens with one attached hydrogen (secondary N) is 2. The maximum Gasteiger partial charge on any atom is 0.326 e. The Morgan fingerprint density at radius 3 is 2.34 bits per heavy atom. The molecule has 0 aliphatic heterocycles. The Morgan fingerprint density at radius 1 is 1.10 bits per heavy atom. The highest BCUT2D eigenvalue weighted by molar-refractivity contribution is 5.96. The second-order valence-electron chi connectivity index (χ2n) is 6.57. The number of hydrogen-bond donors (Lipinski definition) is 2. The molecule has 0 spiro atoms. The van der Waals surface area contributed by atoms with Gasteiger partial charge in [-0.05, 0) is 38.0 Å². The van der Waals surface area contributed by atoms with Crippen LogP contribution >= 0.6 is 0 Å². The van der Waals surface area contributed by atoms with Crippen LogP contribution in [-0.4, -0.2) is 54.0 Å². The number of para-hydroxylation sites is 1. The van der Waals surface area contributed by atoms with E-state index in [1.807, 2.05) is 32.0 Å². The predicted molar refractivity (Wildman–Crippen MR) is 108 cm³/mol. The molecule has 0 aliphatic carbocycles. The lowest BCUT2D eigenvalue weighted by Crippen LogP contribution is -2.41. The molecule has 2 N–H and O–H groups in total. The summed E-state index contributed by atoms with van der Waals surface area (Å²) >= 11 is 0. The third-order valence-electron chi connectivity index (χ3n) is 4.11. The third kappa shape index (κ3) is 6.56. The van der Waals surface area contributed by atoms with Gasteiger partial charge in [0.1, 0.15) is 6.54 Å². The lowest BCUT2D eigenvalue weighted by atomic mass is 10.1. The fourth-order valence-electron chi connectivity index (χ4n) is 2.55. The fourth-order valence-corrected chi connectivity index (χ4v) is 2.55. The first-order valence-corrected chi connectivity index (χ1v) is 9.09. The zero-order valence-corrected chi connectivity index (χ0v) is 16.9. The van der Waals surface area contributed by atoms with Crippen molar-refractivity contribution in [1.82, 2.24) is 15.3 Å². The number of rotatable bonds is 8. The first kappa shape index (κ1) is 21.8. The quantitative estimate of drug-likeness (QED) is 0.642. The molecule has 2 rings (SSSR count). The number of hydrogen-bond acceptors (Lipinski definition) is 7. The minimum absolute atomic E-state index is 0.116. The van der Waals surface area contributed by atoms with E-state index in [1.165, 1.54) is 11.8 Å². The Balaban J connectivity index is 1.78. The minimum atomic E-state index is -1.04. The van der Waals surface area contributed by atoms with Gasteiger partial charge in [-0.1, -0.05) is 18.2 Å². The summed E-state index contributed by atoms with van der Waals surface area (Å²) < 4.78 is 5.11. The molecule has 0 saturated carbocycles. The topological polar surface area (TPSA) is 114 Å². The molecule has 9 heteroatoms. The average molecular weight is 399 g/mol. The number of benzene rings is 1. The van der Waals surface area contributed by atoms with Crippen LogP contribution in [-0.2, 0) is 19.1 Å². The van der Waals surface area contributed by atoms with Gasteiger partial charge in [-0.3, -0.25) is 14.4 Å².